The molecule has 5 heteroatoms. The Morgan fingerprint density at radius 1 is 1.07 bits per heavy atom. The van der Waals surface area contributed by atoms with Crippen LogP contribution >= 0.6 is 0 Å². The molecule has 2 aromatic heterocycles. The van der Waals surface area contributed by atoms with Gasteiger partial charge in [-0.2, -0.15) is 0 Å². The Bertz CT molecular complexity index is 1010. The minimum absolute atomic E-state index is 0.228. The first-order valence-corrected chi connectivity index (χ1v) is 10.1. The number of carbonyl (C=O) groups is 1. The summed E-state index contributed by atoms with van der Waals surface area (Å²) < 4.78 is 2.05. The molecule has 150 valence electrons. The molecule has 0 saturated heterocycles. The van der Waals surface area contributed by atoms with Gasteiger partial charge in [0.05, 0.1) is 12.2 Å². The normalized spacial score (nSPS) is 10.7. The van der Waals surface area contributed by atoms with E-state index in [2.05, 4.69) is 21.8 Å². The summed E-state index contributed by atoms with van der Waals surface area (Å²) in [7, 11) is 0. The number of aryl methyl sites for hydroxylation is 1. The third-order valence-electron chi connectivity index (χ3n) is 4.95. The summed E-state index contributed by atoms with van der Waals surface area (Å²) in [6, 6.07) is 16.5. The molecule has 5 nitrogen and oxygen atoms in total. The van der Waals surface area contributed by atoms with E-state index in [9.17, 15) is 9.59 Å². The highest BCUT2D eigenvalue weighted by Crippen LogP contribution is 2.17. The summed E-state index contributed by atoms with van der Waals surface area (Å²) in [5.41, 5.74) is 3.18. The lowest BCUT2D eigenvalue weighted by Gasteiger charge is -2.20. The van der Waals surface area contributed by atoms with E-state index in [0.29, 0.717) is 18.7 Å². The van der Waals surface area contributed by atoms with E-state index in [0.717, 1.165) is 36.3 Å². The molecule has 3 rings (SSSR count). The number of benzene rings is 1. The second-order valence-electron chi connectivity index (χ2n) is 7.16. The van der Waals surface area contributed by atoms with E-state index in [4.69, 9.17) is 0 Å². The van der Waals surface area contributed by atoms with Gasteiger partial charge in [0.25, 0.3) is 5.91 Å². The zero-order valence-corrected chi connectivity index (χ0v) is 17.0. The molecule has 2 heterocycles. The van der Waals surface area contributed by atoms with Gasteiger partial charge in [-0.15, -0.1) is 0 Å². The van der Waals surface area contributed by atoms with Crippen molar-refractivity contribution in [3.63, 3.8) is 0 Å². The van der Waals surface area contributed by atoms with E-state index in [1.54, 1.807) is 12.3 Å². The van der Waals surface area contributed by atoms with E-state index in [-0.39, 0.29) is 16.9 Å². The Labute approximate surface area is 171 Å². The monoisotopic (exact) mass is 389 g/mol. The van der Waals surface area contributed by atoms with Crippen molar-refractivity contribution in [1.29, 1.82) is 0 Å². The van der Waals surface area contributed by atoms with Gasteiger partial charge < -0.3 is 9.88 Å². The molecule has 29 heavy (non-hydrogen) atoms. The Hall–Kier alpha value is -3.21. The lowest BCUT2D eigenvalue weighted by molar-refractivity contribution is 0.102. The zero-order valence-electron chi connectivity index (χ0n) is 17.0. The van der Waals surface area contributed by atoms with Gasteiger partial charge in [0.15, 0.2) is 5.43 Å². The number of rotatable bonds is 8. The van der Waals surface area contributed by atoms with Crippen LogP contribution in [0.15, 0.2) is 65.6 Å². The van der Waals surface area contributed by atoms with Gasteiger partial charge in [-0.3, -0.25) is 14.6 Å². The first-order valence-electron chi connectivity index (χ1n) is 10.1. The lowest BCUT2D eigenvalue weighted by atomic mass is 10.0. The highest BCUT2D eigenvalue weighted by molar-refractivity contribution is 6.05. The van der Waals surface area contributed by atoms with Gasteiger partial charge in [-0.1, -0.05) is 44.0 Å². The van der Waals surface area contributed by atoms with Crippen LogP contribution in [-0.2, 0) is 13.0 Å². The number of hydrogen-bond donors (Lipinski definition) is 1. The van der Waals surface area contributed by atoms with Crippen LogP contribution in [0, 0.1) is 6.92 Å². The maximum atomic E-state index is 13.1. The summed E-state index contributed by atoms with van der Waals surface area (Å²) >= 11 is 0. The SMILES string of the molecule is CCCCCc1c(C(=O)Nc2ccccc2)c(=O)cc(C)n1Cc1ccccn1. The third kappa shape index (κ3) is 5.19. The van der Waals surface area contributed by atoms with Gasteiger partial charge >= 0.3 is 0 Å². The van der Waals surface area contributed by atoms with Crippen molar-refractivity contribution in [3.8, 4) is 0 Å². The van der Waals surface area contributed by atoms with Gasteiger partial charge in [-0.25, -0.2) is 0 Å². The predicted molar refractivity (Wildman–Crippen MR) is 116 cm³/mol. The Morgan fingerprint density at radius 2 is 1.83 bits per heavy atom. The van der Waals surface area contributed by atoms with Crippen molar-refractivity contribution in [2.75, 3.05) is 5.32 Å². The van der Waals surface area contributed by atoms with Crippen LogP contribution in [0.25, 0.3) is 0 Å². The van der Waals surface area contributed by atoms with E-state index in [1.165, 1.54) is 0 Å². The molecule has 3 aromatic rings. The first-order chi connectivity index (χ1) is 14.1. The molecule has 0 aliphatic rings. The van der Waals surface area contributed by atoms with Gasteiger partial charge in [-0.05, 0) is 44.0 Å². The van der Waals surface area contributed by atoms with E-state index >= 15 is 0 Å². The number of carbonyl (C=O) groups excluding carboxylic acids is 1. The lowest BCUT2D eigenvalue weighted by Crippen LogP contribution is -2.28. The van der Waals surface area contributed by atoms with Crippen molar-refractivity contribution in [2.45, 2.75) is 46.1 Å². The molecule has 1 aromatic carbocycles. The summed E-state index contributed by atoms with van der Waals surface area (Å²) in [4.78, 5) is 30.3. The number of aromatic nitrogens is 2. The van der Waals surface area contributed by atoms with Crippen LogP contribution in [0.2, 0.25) is 0 Å². The van der Waals surface area contributed by atoms with E-state index < -0.39 is 0 Å². The van der Waals surface area contributed by atoms with Gasteiger partial charge in [0.2, 0.25) is 0 Å². The fraction of sp³-hybridized carbons (Fsp3) is 0.292. The second kappa shape index (κ2) is 9.82. The summed E-state index contributed by atoms with van der Waals surface area (Å²) in [6.45, 7) is 4.58. The largest absolute Gasteiger partial charge is 0.342 e. The molecular weight excluding hydrogens is 362 g/mol. The average molecular weight is 389 g/mol. The molecular formula is C24H27N3O2. The Morgan fingerprint density at radius 3 is 2.52 bits per heavy atom. The van der Waals surface area contributed by atoms with Crippen LogP contribution in [-0.4, -0.2) is 15.5 Å². The molecule has 0 radical (unpaired) electrons. The molecule has 0 spiro atoms. The number of pyridine rings is 2. The van der Waals surface area contributed by atoms with Crippen LogP contribution < -0.4 is 10.7 Å². The molecule has 0 aliphatic carbocycles. The van der Waals surface area contributed by atoms with Crippen molar-refractivity contribution in [1.82, 2.24) is 9.55 Å². The predicted octanol–water partition coefficient (Wildman–Crippen LogP) is 4.59. The number of nitrogens with zero attached hydrogens (tertiary/aromatic N) is 2. The number of amides is 1. The number of unbranched alkanes of at least 4 members (excludes halogenated alkanes) is 2. The second-order valence-corrected chi connectivity index (χ2v) is 7.16. The first kappa shape index (κ1) is 20.5. The Balaban J connectivity index is 2.04. The van der Waals surface area contributed by atoms with Gasteiger partial charge in [0.1, 0.15) is 5.56 Å². The highest BCUT2D eigenvalue weighted by Gasteiger charge is 2.20. The maximum Gasteiger partial charge on any atom is 0.261 e. The fourth-order valence-corrected chi connectivity index (χ4v) is 3.46. The van der Waals surface area contributed by atoms with Crippen molar-refractivity contribution >= 4 is 11.6 Å². The summed E-state index contributed by atoms with van der Waals surface area (Å²) in [6.07, 6.45) is 5.47. The summed E-state index contributed by atoms with van der Waals surface area (Å²) in [5.74, 6) is -0.359. The zero-order chi connectivity index (χ0) is 20.6. The molecule has 0 unspecified atom stereocenters. The van der Waals surface area contributed by atoms with Crippen LogP contribution in [0.4, 0.5) is 5.69 Å². The van der Waals surface area contributed by atoms with Crippen molar-refractivity contribution in [2.24, 2.45) is 0 Å². The number of para-hydroxylation sites is 1. The number of anilines is 1. The fourth-order valence-electron chi connectivity index (χ4n) is 3.46. The standard InChI is InChI=1S/C24H27N3O2/c1-3-4-6-14-21-23(24(29)26-19-11-7-5-8-12-19)22(28)16-18(2)27(21)17-20-13-9-10-15-25-20/h5,7-13,15-16H,3-4,6,14,17H2,1-2H3,(H,26,29). The third-order valence-corrected chi connectivity index (χ3v) is 4.95. The topological polar surface area (TPSA) is 64.0 Å². The van der Waals surface area contributed by atoms with Crippen LogP contribution in [0.1, 0.15) is 53.6 Å². The summed E-state index contributed by atoms with van der Waals surface area (Å²) in [5, 5.41) is 2.87. The number of hydrogen-bond acceptors (Lipinski definition) is 3. The molecule has 1 N–H and O–H groups in total. The molecule has 0 atom stereocenters. The van der Waals surface area contributed by atoms with Crippen molar-refractivity contribution in [3.05, 3.63) is 93.7 Å². The van der Waals surface area contributed by atoms with Crippen molar-refractivity contribution < 1.29 is 4.79 Å². The maximum absolute atomic E-state index is 13.1. The minimum atomic E-state index is -0.359. The molecule has 0 aliphatic heterocycles. The highest BCUT2D eigenvalue weighted by atomic mass is 16.2. The minimum Gasteiger partial charge on any atom is -0.342 e. The van der Waals surface area contributed by atoms with Gasteiger partial charge in [0, 0.05) is 29.3 Å². The molecule has 1 amide bonds. The Kier molecular flexibility index (Phi) is 6.95. The smallest absolute Gasteiger partial charge is 0.261 e. The molecule has 0 saturated carbocycles. The van der Waals surface area contributed by atoms with E-state index in [1.807, 2.05) is 55.5 Å². The molecule has 0 bridgehead atoms. The molecule has 0 fully saturated rings. The number of nitrogens with one attached hydrogen (secondary N) is 1. The van der Waals surface area contributed by atoms with Crippen LogP contribution in [0.5, 0.6) is 0 Å². The quantitative estimate of drug-likeness (QED) is 0.573. The van der Waals surface area contributed by atoms with Crippen LogP contribution in [0.3, 0.4) is 0 Å². The average Bonchev–Trinajstić information content (AvgIpc) is 2.72.